The third kappa shape index (κ3) is 4.25. The van der Waals surface area contributed by atoms with Crippen LogP contribution in [0.3, 0.4) is 0 Å². The number of halogens is 1. The maximum atomic E-state index is 13.0. The highest BCUT2D eigenvalue weighted by atomic mass is 35.5. The molecule has 1 amide bonds. The molecule has 29 heavy (non-hydrogen) atoms. The summed E-state index contributed by atoms with van der Waals surface area (Å²) in [5.41, 5.74) is 4.42. The Balaban J connectivity index is 1.49. The van der Waals surface area contributed by atoms with Crippen molar-refractivity contribution >= 4 is 29.0 Å². The van der Waals surface area contributed by atoms with Gasteiger partial charge in [0.15, 0.2) is 0 Å². The first-order valence-corrected chi connectivity index (χ1v) is 10.0. The van der Waals surface area contributed by atoms with Gasteiger partial charge in [-0.05, 0) is 61.6 Å². The molecule has 0 spiro atoms. The average Bonchev–Trinajstić information content (AvgIpc) is 3.17. The number of Topliss-reactive ketones (excluding diaryl/α,β-unsaturated/α-hetero) is 1. The molecule has 5 nitrogen and oxygen atoms in total. The number of hydrogen-bond acceptors (Lipinski definition) is 4. The summed E-state index contributed by atoms with van der Waals surface area (Å²) >= 11 is 6.05. The van der Waals surface area contributed by atoms with Gasteiger partial charge in [0.05, 0.1) is 5.69 Å². The molecule has 0 saturated carbocycles. The third-order valence-corrected chi connectivity index (χ3v) is 5.36. The summed E-state index contributed by atoms with van der Waals surface area (Å²) in [6.45, 7) is 2.47. The summed E-state index contributed by atoms with van der Waals surface area (Å²) in [5.74, 6) is 0.205. The number of amides is 1. The van der Waals surface area contributed by atoms with Crippen LogP contribution in [0.15, 0.2) is 53.1 Å². The number of aryl methyl sites for hydroxylation is 3. The molecule has 0 saturated heterocycles. The largest absolute Gasteiger partial charge is 0.353 e. The molecular formula is C23H21ClN2O3. The lowest BCUT2D eigenvalue weighted by atomic mass is 9.96. The van der Waals surface area contributed by atoms with Crippen LogP contribution in [0.4, 0.5) is 5.69 Å². The molecule has 0 aliphatic carbocycles. The molecule has 2 heterocycles. The summed E-state index contributed by atoms with van der Waals surface area (Å²) in [7, 11) is 0. The van der Waals surface area contributed by atoms with Crippen LogP contribution in [-0.2, 0) is 12.8 Å². The summed E-state index contributed by atoms with van der Waals surface area (Å²) in [4.78, 5) is 27.0. The van der Waals surface area contributed by atoms with E-state index in [-0.39, 0.29) is 11.7 Å². The zero-order valence-electron chi connectivity index (χ0n) is 16.2. The van der Waals surface area contributed by atoms with Crippen LogP contribution in [0.25, 0.3) is 0 Å². The van der Waals surface area contributed by atoms with E-state index < -0.39 is 0 Å². The molecule has 4 rings (SSSR count). The number of ketones is 1. The maximum absolute atomic E-state index is 13.0. The van der Waals surface area contributed by atoms with Crippen molar-refractivity contribution in [3.05, 3.63) is 81.7 Å². The normalized spacial score (nSPS) is 13.2. The first kappa shape index (κ1) is 19.4. The summed E-state index contributed by atoms with van der Waals surface area (Å²) < 4.78 is 5.04. The Hall–Kier alpha value is -2.92. The summed E-state index contributed by atoms with van der Waals surface area (Å²) in [5, 5.41) is 4.31. The number of benzene rings is 2. The highest BCUT2D eigenvalue weighted by molar-refractivity contribution is 6.31. The number of nitrogens with zero attached hydrogens (tertiary/aromatic N) is 2. The van der Waals surface area contributed by atoms with E-state index in [0.29, 0.717) is 41.4 Å². The Labute approximate surface area is 174 Å². The number of fused-ring (bicyclic) bond motifs is 1. The second-order valence-electron chi connectivity index (χ2n) is 7.29. The maximum Gasteiger partial charge on any atom is 0.258 e. The number of anilines is 1. The van der Waals surface area contributed by atoms with Crippen LogP contribution in [0, 0.1) is 6.92 Å². The number of hydrogen-bond donors (Lipinski definition) is 0. The molecule has 0 fully saturated rings. The zero-order chi connectivity index (χ0) is 20.4. The third-order valence-electron chi connectivity index (χ3n) is 5.12. The fraction of sp³-hybridized carbons (Fsp3) is 0.261. The molecular weight excluding hydrogens is 388 g/mol. The van der Waals surface area contributed by atoms with E-state index in [1.165, 1.54) is 0 Å². The second-order valence-corrected chi connectivity index (χ2v) is 7.73. The highest BCUT2D eigenvalue weighted by Crippen LogP contribution is 2.30. The minimum atomic E-state index is -0.0546. The van der Waals surface area contributed by atoms with Gasteiger partial charge >= 0.3 is 0 Å². The number of carbonyl (C=O) groups is 2. The first-order chi connectivity index (χ1) is 14.0. The minimum Gasteiger partial charge on any atom is -0.353 e. The van der Waals surface area contributed by atoms with Gasteiger partial charge in [-0.2, -0.15) is 0 Å². The lowest BCUT2D eigenvalue weighted by molar-refractivity contribution is 0.0945. The van der Waals surface area contributed by atoms with Crippen LogP contribution in [0.2, 0.25) is 5.02 Å². The van der Waals surface area contributed by atoms with Gasteiger partial charge < -0.3 is 9.42 Å². The van der Waals surface area contributed by atoms with Crippen molar-refractivity contribution in [2.24, 2.45) is 0 Å². The monoisotopic (exact) mass is 408 g/mol. The number of rotatable bonds is 5. The molecule has 1 aliphatic rings. The molecule has 0 unspecified atom stereocenters. The van der Waals surface area contributed by atoms with E-state index in [2.05, 4.69) is 11.2 Å². The van der Waals surface area contributed by atoms with Gasteiger partial charge in [-0.15, -0.1) is 0 Å². The number of aromatic nitrogens is 1. The summed E-state index contributed by atoms with van der Waals surface area (Å²) in [6, 6.07) is 14.8. The van der Waals surface area contributed by atoms with Crippen LogP contribution < -0.4 is 4.90 Å². The fourth-order valence-corrected chi connectivity index (χ4v) is 3.86. The van der Waals surface area contributed by atoms with Gasteiger partial charge in [0, 0.05) is 35.3 Å². The lowest BCUT2D eigenvalue weighted by Crippen LogP contribution is -2.35. The van der Waals surface area contributed by atoms with Crippen molar-refractivity contribution in [3.63, 3.8) is 0 Å². The minimum absolute atomic E-state index is 0.0444. The van der Waals surface area contributed by atoms with Crippen molar-refractivity contribution in [1.29, 1.82) is 0 Å². The Bertz CT molecular complexity index is 1070. The molecule has 0 N–H and O–H groups in total. The standard InChI is InChI=1S/C23H21ClN2O3/c1-15-12-22(29-25-15)21(27)10-8-16-7-9-20-17(13-16)5-3-11-26(20)23(28)18-4-2-6-19(24)14-18/h2,4,6-7,9,12-14H,3,5,8,10-11H2,1H3. The second kappa shape index (κ2) is 8.21. The smallest absolute Gasteiger partial charge is 0.258 e. The van der Waals surface area contributed by atoms with Gasteiger partial charge in [-0.25, -0.2) is 0 Å². The average molecular weight is 409 g/mol. The van der Waals surface area contributed by atoms with E-state index in [0.717, 1.165) is 29.7 Å². The van der Waals surface area contributed by atoms with Crippen molar-refractivity contribution in [2.75, 3.05) is 11.4 Å². The van der Waals surface area contributed by atoms with Crippen LogP contribution >= 0.6 is 11.6 Å². The molecule has 0 bridgehead atoms. The van der Waals surface area contributed by atoms with Crippen LogP contribution in [-0.4, -0.2) is 23.4 Å². The molecule has 1 aliphatic heterocycles. The SMILES string of the molecule is Cc1cc(C(=O)CCc2ccc3c(c2)CCCN3C(=O)c2cccc(Cl)c2)on1. The Kier molecular flexibility index (Phi) is 5.49. The predicted molar refractivity (Wildman–Crippen MR) is 112 cm³/mol. The summed E-state index contributed by atoms with van der Waals surface area (Å²) in [6.07, 6.45) is 2.80. The van der Waals surface area contributed by atoms with E-state index >= 15 is 0 Å². The van der Waals surface area contributed by atoms with Gasteiger partial charge in [0.2, 0.25) is 11.5 Å². The lowest BCUT2D eigenvalue weighted by Gasteiger charge is -2.30. The predicted octanol–water partition coefficient (Wildman–Crippen LogP) is 5.04. The van der Waals surface area contributed by atoms with Gasteiger partial charge in [0.1, 0.15) is 0 Å². The Morgan fingerprint density at radius 1 is 1.17 bits per heavy atom. The van der Waals surface area contributed by atoms with Crippen LogP contribution in [0.1, 0.15) is 50.6 Å². The fourth-order valence-electron chi connectivity index (χ4n) is 3.67. The van der Waals surface area contributed by atoms with Gasteiger partial charge in [-0.1, -0.05) is 35.0 Å². The van der Waals surface area contributed by atoms with Gasteiger partial charge in [-0.3, -0.25) is 9.59 Å². The zero-order valence-corrected chi connectivity index (χ0v) is 16.9. The molecule has 148 valence electrons. The quantitative estimate of drug-likeness (QED) is 0.554. The molecule has 2 aromatic carbocycles. The molecule has 0 radical (unpaired) electrons. The number of carbonyl (C=O) groups excluding carboxylic acids is 2. The van der Waals surface area contributed by atoms with E-state index in [1.54, 1.807) is 37.3 Å². The van der Waals surface area contributed by atoms with Crippen molar-refractivity contribution in [3.8, 4) is 0 Å². The Morgan fingerprint density at radius 2 is 2.03 bits per heavy atom. The van der Waals surface area contributed by atoms with Crippen molar-refractivity contribution < 1.29 is 14.1 Å². The molecule has 1 aromatic heterocycles. The van der Waals surface area contributed by atoms with E-state index in [1.807, 2.05) is 17.0 Å². The van der Waals surface area contributed by atoms with E-state index in [4.69, 9.17) is 16.1 Å². The first-order valence-electron chi connectivity index (χ1n) is 9.67. The molecule has 6 heteroatoms. The molecule has 0 atom stereocenters. The highest BCUT2D eigenvalue weighted by Gasteiger charge is 2.24. The van der Waals surface area contributed by atoms with Gasteiger partial charge in [0.25, 0.3) is 5.91 Å². The van der Waals surface area contributed by atoms with Crippen LogP contribution in [0.5, 0.6) is 0 Å². The topological polar surface area (TPSA) is 63.4 Å². The van der Waals surface area contributed by atoms with Crippen molar-refractivity contribution in [1.82, 2.24) is 5.16 Å². The molecule has 3 aromatic rings. The Morgan fingerprint density at radius 3 is 2.79 bits per heavy atom. The van der Waals surface area contributed by atoms with Crippen molar-refractivity contribution in [2.45, 2.75) is 32.6 Å². The van der Waals surface area contributed by atoms with E-state index in [9.17, 15) is 9.59 Å².